The lowest BCUT2D eigenvalue weighted by Crippen LogP contribution is -2.18. The number of aromatic nitrogens is 3. The molecule has 0 amide bonds. The number of aromatic amines is 1. The first-order chi connectivity index (χ1) is 16.1. The van der Waals surface area contributed by atoms with Gasteiger partial charge in [-0.1, -0.05) is 72.8 Å². The van der Waals surface area contributed by atoms with E-state index in [0.717, 1.165) is 33.8 Å². The Labute approximate surface area is 193 Å². The van der Waals surface area contributed by atoms with Crippen molar-refractivity contribution in [3.05, 3.63) is 124 Å². The fraction of sp³-hybridized carbons (Fsp3) is 0.143. The van der Waals surface area contributed by atoms with E-state index in [1.807, 2.05) is 81.0 Å². The van der Waals surface area contributed by atoms with Crippen LogP contribution in [0, 0.1) is 0 Å². The summed E-state index contributed by atoms with van der Waals surface area (Å²) in [5, 5.41) is 0. The molecule has 0 bridgehead atoms. The van der Waals surface area contributed by atoms with Gasteiger partial charge in [0.2, 0.25) is 0 Å². The number of nitrogens with zero attached hydrogens (tertiary/aromatic N) is 3. The predicted octanol–water partition coefficient (Wildman–Crippen LogP) is 4.91. The Morgan fingerprint density at radius 1 is 0.848 bits per heavy atom. The Kier molecular flexibility index (Phi) is 5.53. The molecule has 2 heterocycles. The Morgan fingerprint density at radius 2 is 1.55 bits per heavy atom. The first-order valence-corrected chi connectivity index (χ1v) is 11.1. The SMILES string of the molecule is CN(C)c1cccc(Cc2nc3c(Cc4ccccc4)[nH]c(-c4ccccc4)cn-3c2=O)c1. The van der Waals surface area contributed by atoms with E-state index >= 15 is 0 Å². The molecule has 0 aromatic heterocycles. The van der Waals surface area contributed by atoms with Crippen molar-refractivity contribution in [3.63, 3.8) is 0 Å². The van der Waals surface area contributed by atoms with E-state index in [1.165, 1.54) is 0 Å². The molecule has 0 unspecified atom stereocenters. The molecule has 0 atom stereocenters. The van der Waals surface area contributed by atoms with Crippen molar-refractivity contribution < 1.29 is 0 Å². The van der Waals surface area contributed by atoms with Crippen molar-refractivity contribution in [1.29, 1.82) is 0 Å². The van der Waals surface area contributed by atoms with Crippen LogP contribution >= 0.6 is 0 Å². The summed E-state index contributed by atoms with van der Waals surface area (Å²) in [5.41, 5.74) is 6.67. The van der Waals surface area contributed by atoms with Crippen molar-refractivity contribution in [1.82, 2.24) is 14.5 Å². The van der Waals surface area contributed by atoms with Crippen LogP contribution in [0.5, 0.6) is 0 Å². The average molecular weight is 435 g/mol. The van der Waals surface area contributed by atoms with Gasteiger partial charge in [-0.3, -0.25) is 9.36 Å². The summed E-state index contributed by atoms with van der Waals surface area (Å²) < 4.78 is 1.70. The Bertz CT molecular complexity index is 1400. The van der Waals surface area contributed by atoms with Crippen LogP contribution in [0.4, 0.5) is 5.69 Å². The van der Waals surface area contributed by atoms with Gasteiger partial charge in [-0.15, -0.1) is 0 Å². The van der Waals surface area contributed by atoms with E-state index < -0.39 is 0 Å². The first kappa shape index (κ1) is 20.8. The number of anilines is 1. The lowest BCUT2D eigenvalue weighted by atomic mass is 10.1. The normalized spacial score (nSPS) is 11.1. The van der Waals surface area contributed by atoms with Gasteiger partial charge in [-0.2, -0.15) is 0 Å². The molecular formula is C28H26N4O. The number of nitrogens with one attached hydrogen (secondary N) is 1. The number of hydrogen-bond donors (Lipinski definition) is 1. The van der Waals surface area contributed by atoms with E-state index in [9.17, 15) is 4.79 Å². The van der Waals surface area contributed by atoms with Crippen LogP contribution < -0.4 is 10.5 Å². The molecular weight excluding hydrogens is 408 g/mol. The molecule has 1 N–H and O–H groups in total. The molecule has 0 spiro atoms. The highest BCUT2D eigenvalue weighted by Gasteiger charge is 2.20. The van der Waals surface area contributed by atoms with E-state index in [0.29, 0.717) is 24.4 Å². The lowest BCUT2D eigenvalue weighted by molar-refractivity contribution is 0.914. The molecule has 2 aliphatic rings. The fourth-order valence-corrected chi connectivity index (χ4v) is 4.12. The van der Waals surface area contributed by atoms with Gasteiger partial charge in [0.15, 0.2) is 5.82 Å². The second kappa shape index (κ2) is 8.79. The molecule has 5 heteroatoms. The molecule has 3 aromatic carbocycles. The quantitative estimate of drug-likeness (QED) is 0.413. The molecule has 0 aliphatic carbocycles. The van der Waals surface area contributed by atoms with Crippen LogP contribution in [0.1, 0.15) is 22.5 Å². The summed E-state index contributed by atoms with van der Waals surface area (Å²) >= 11 is 0. The van der Waals surface area contributed by atoms with Crippen LogP contribution in [-0.2, 0) is 12.8 Å². The summed E-state index contributed by atoms with van der Waals surface area (Å²) in [5.74, 6) is 0.683. The molecule has 0 radical (unpaired) electrons. The molecule has 3 aromatic rings. The monoisotopic (exact) mass is 434 g/mol. The van der Waals surface area contributed by atoms with Crippen molar-refractivity contribution in [2.45, 2.75) is 12.8 Å². The summed E-state index contributed by atoms with van der Waals surface area (Å²) in [7, 11) is 4.03. The molecule has 164 valence electrons. The Morgan fingerprint density at radius 3 is 2.27 bits per heavy atom. The van der Waals surface area contributed by atoms with Gasteiger partial charge < -0.3 is 9.88 Å². The molecule has 5 rings (SSSR count). The van der Waals surface area contributed by atoms with Crippen molar-refractivity contribution in [3.8, 4) is 17.1 Å². The van der Waals surface area contributed by atoms with Gasteiger partial charge in [-0.05, 0) is 28.8 Å². The third-order valence-corrected chi connectivity index (χ3v) is 5.86. The smallest absolute Gasteiger partial charge is 0.278 e. The zero-order valence-corrected chi connectivity index (χ0v) is 18.8. The van der Waals surface area contributed by atoms with E-state index in [2.05, 4.69) is 34.1 Å². The Hall–Kier alpha value is -4.12. The number of H-pyrrole nitrogens is 1. The third-order valence-electron chi connectivity index (χ3n) is 5.86. The highest BCUT2D eigenvalue weighted by molar-refractivity contribution is 5.60. The van der Waals surface area contributed by atoms with E-state index in [-0.39, 0.29) is 5.56 Å². The molecule has 5 nitrogen and oxygen atoms in total. The minimum absolute atomic E-state index is 0.0688. The number of rotatable bonds is 6. The summed E-state index contributed by atoms with van der Waals surface area (Å²) in [6.45, 7) is 0. The fourth-order valence-electron chi connectivity index (χ4n) is 4.12. The standard InChI is InChI=1S/C28H26N4O/c1-31(2)23-15-9-12-21(16-23)18-25-28(33)32-19-26(22-13-7-4-8-14-22)29-24(27(32)30-25)17-20-10-5-3-6-11-20/h3-16,19,29H,17-18H2,1-2H3. The van der Waals surface area contributed by atoms with Gasteiger partial charge in [-0.25, -0.2) is 4.98 Å². The second-order valence-electron chi connectivity index (χ2n) is 8.47. The summed E-state index contributed by atoms with van der Waals surface area (Å²) in [4.78, 5) is 23.8. The minimum Gasteiger partial charge on any atom is -0.378 e. The topological polar surface area (TPSA) is 53.9 Å². The van der Waals surface area contributed by atoms with Crippen LogP contribution in [-0.4, -0.2) is 28.6 Å². The zero-order valence-electron chi connectivity index (χ0n) is 18.8. The van der Waals surface area contributed by atoms with Crippen LogP contribution in [0.25, 0.3) is 17.1 Å². The molecule has 2 aliphatic heterocycles. The number of hydrogen-bond acceptors (Lipinski definition) is 3. The van der Waals surface area contributed by atoms with Gasteiger partial charge in [0, 0.05) is 38.8 Å². The van der Waals surface area contributed by atoms with Crippen molar-refractivity contribution >= 4 is 5.69 Å². The van der Waals surface area contributed by atoms with Crippen LogP contribution in [0.3, 0.4) is 0 Å². The number of imidazole rings is 1. The third kappa shape index (κ3) is 4.30. The van der Waals surface area contributed by atoms with Gasteiger partial charge >= 0.3 is 0 Å². The molecule has 0 saturated carbocycles. The first-order valence-electron chi connectivity index (χ1n) is 11.1. The van der Waals surface area contributed by atoms with Crippen LogP contribution in [0.2, 0.25) is 0 Å². The predicted molar refractivity (Wildman–Crippen MR) is 134 cm³/mol. The Balaban J connectivity index is 1.62. The largest absolute Gasteiger partial charge is 0.378 e. The summed E-state index contributed by atoms with van der Waals surface area (Å²) in [6, 6.07) is 28.6. The zero-order chi connectivity index (χ0) is 22.8. The highest BCUT2D eigenvalue weighted by Crippen LogP contribution is 2.24. The maximum atomic E-state index is 13.4. The van der Waals surface area contributed by atoms with Gasteiger partial charge in [0.1, 0.15) is 5.69 Å². The van der Waals surface area contributed by atoms with Crippen LogP contribution in [0.15, 0.2) is 95.9 Å². The average Bonchev–Trinajstić information content (AvgIpc) is 3.16. The lowest BCUT2D eigenvalue weighted by Gasteiger charge is -2.13. The van der Waals surface area contributed by atoms with E-state index in [4.69, 9.17) is 4.98 Å². The molecule has 0 fully saturated rings. The minimum atomic E-state index is -0.0688. The van der Waals surface area contributed by atoms with Gasteiger partial charge in [0.25, 0.3) is 5.56 Å². The number of fused-ring (bicyclic) bond motifs is 1. The van der Waals surface area contributed by atoms with Crippen molar-refractivity contribution in [2.24, 2.45) is 0 Å². The second-order valence-corrected chi connectivity index (χ2v) is 8.47. The van der Waals surface area contributed by atoms with Crippen molar-refractivity contribution in [2.75, 3.05) is 19.0 Å². The maximum absolute atomic E-state index is 13.4. The maximum Gasteiger partial charge on any atom is 0.278 e. The van der Waals surface area contributed by atoms with Gasteiger partial charge in [0.05, 0.1) is 11.4 Å². The summed E-state index contributed by atoms with van der Waals surface area (Å²) in [6.07, 6.45) is 3.03. The van der Waals surface area contributed by atoms with E-state index in [1.54, 1.807) is 4.57 Å². The molecule has 0 saturated heterocycles. The number of benzene rings is 3. The highest BCUT2D eigenvalue weighted by atomic mass is 16.1. The molecule has 33 heavy (non-hydrogen) atoms.